The lowest BCUT2D eigenvalue weighted by molar-refractivity contribution is 0.126. The van der Waals surface area contributed by atoms with Crippen LogP contribution in [0.4, 0.5) is 0 Å². The maximum Gasteiger partial charge on any atom is 0.159 e. The van der Waals surface area contributed by atoms with E-state index < -0.39 is 15.1 Å². The van der Waals surface area contributed by atoms with Crippen molar-refractivity contribution in [2.75, 3.05) is 6.61 Å². The number of hydrogen-bond donors (Lipinski definition) is 0. The minimum absolute atomic E-state index is 0.00360. The quantitative estimate of drug-likeness (QED) is 0.800. The van der Waals surface area contributed by atoms with Crippen molar-refractivity contribution in [3.63, 3.8) is 0 Å². The summed E-state index contributed by atoms with van der Waals surface area (Å²) < 4.78 is 29.9. The van der Waals surface area contributed by atoms with Crippen molar-refractivity contribution in [2.45, 2.75) is 37.4 Å². The highest BCUT2D eigenvalue weighted by Gasteiger charge is 2.35. The molecule has 0 saturated carbocycles. The first-order valence-corrected chi connectivity index (χ1v) is 7.93. The van der Waals surface area contributed by atoms with Gasteiger partial charge < -0.3 is 4.74 Å². The Bertz CT molecular complexity index is 544. The lowest BCUT2D eigenvalue weighted by Crippen LogP contribution is -2.29. The summed E-state index contributed by atoms with van der Waals surface area (Å²) in [7, 11) is -3.20. The molecule has 0 bridgehead atoms. The Balaban J connectivity index is 2.19. The van der Waals surface area contributed by atoms with Gasteiger partial charge in [0, 0.05) is 12.8 Å². The summed E-state index contributed by atoms with van der Waals surface area (Å²) in [5, 5.41) is 0.00204. The molecule has 1 fully saturated rings. The number of aromatic nitrogens is 1. The summed E-state index contributed by atoms with van der Waals surface area (Å²) in [5.74, 6) is -0.00360. The molecule has 0 aromatic carbocycles. The molecule has 1 aromatic heterocycles. The topological polar surface area (TPSA) is 56.3 Å². The van der Waals surface area contributed by atoms with Crippen LogP contribution in [-0.2, 0) is 20.3 Å². The minimum atomic E-state index is -3.20. The predicted molar refractivity (Wildman–Crippen MR) is 70.4 cm³/mol. The standard InChI is InChI=1S/C12H16ClNO3S/c1-8-5-10(6-14-12(8)13)7-18(15,16)11-3-4-17-9(11)2/h5-6,9,11H,3-4,7H2,1-2H3. The van der Waals surface area contributed by atoms with E-state index in [2.05, 4.69) is 4.98 Å². The zero-order chi connectivity index (χ0) is 13.3. The molecule has 2 atom stereocenters. The van der Waals surface area contributed by atoms with Gasteiger partial charge in [0.05, 0.1) is 17.1 Å². The van der Waals surface area contributed by atoms with E-state index in [1.807, 2.05) is 6.92 Å². The van der Waals surface area contributed by atoms with Crippen molar-refractivity contribution in [3.8, 4) is 0 Å². The lowest BCUT2D eigenvalue weighted by atomic mass is 10.2. The summed E-state index contributed by atoms with van der Waals surface area (Å²) >= 11 is 5.82. The van der Waals surface area contributed by atoms with Gasteiger partial charge in [-0.3, -0.25) is 0 Å². The summed E-state index contributed by atoms with van der Waals surface area (Å²) in [6.45, 7) is 4.14. The fraction of sp³-hybridized carbons (Fsp3) is 0.583. The van der Waals surface area contributed by atoms with Crippen molar-refractivity contribution >= 4 is 21.4 Å². The van der Waals surface area contributed by atoms with Gasteiger partial charge in [0.1, 0.15) is 5.15 Å². The Hall–Kier alpha value is -0.650. The molecule has 0 amide bonds. The van der Waals surface area contributed by atoms with Gasteiger partial charge in [0.25, 0.3) is 0 Å². The van der Waals surface area contributed by atoms with Gasteiger partial charge in [-0.15, -0.1) is 0 Å². The molecule has 18 heavy (non-hydrogen) atoms. The number of halogens is 1. The molecule has 2 unspecified atom stereocenters. The van der Waals surface area contributed by atoms with Crippen molar-refractivity contribution in [2.24, 2.45) is 0 Å². The molecular weight excluding hydrogens is 274 g/mol. The smallest absolute Gasteiger partial charge is 0.159 e. The number of sulfone groups is 1. The van der Waals surface area contributed by atoms with Gasteiger partial charge in [0.2, 0.25) is 0 Å². The van der Waals surface area contributed by atoms with E-state index in [-0.39, 0.29) is 11.9 Å². The third-order valence-electron chi connectivity index (χ3n) is 3.21. The first kappa shape index (κ1) is 13.8. The number of pyridine rings is 1. The van der Waals surface area contributed by atoms with Crippen molar-refractivity contribution in [1.29, 1.82) is 0 Å². The molecular formula is C12H16ClNO3S. The normalized spacial score (nSPS) is 24.4. The predicted octanol–water partition coefficient (Wildman–Crippen LogP) is 2.14. The van der Waals surface area contributed by atoms with Crippen LogP contribution in [0.25, 0.3) is 0 Å². The van der Waals surface area contributed by atoms with Crippen LogP contribution in [0.2, 0.25) is 5.15 Å². The van der Waals surface area contributed by atoms with Crippen LogP contribution in [0.1, 0.15) is 24.5 Å². The summed E-state index contributed by atoms with van der Waals surface area (Å²) in [6.07, 6.45) is 1.87. The average Bonchev–Trinajstić information content (AvgIpc) is 2.70. The van der Waals surface area contributed by atoms with E-state index in [9.17, 15) is 8.42 Å². The second-order valence-electron chi connectivity index (χ2n) is 4.66. The first-order valence-electron chi connectivity index (χ1n) is 5.84. The Morgan fingerprint density at radius 3 is 2.83 bits per heavy atom. The molecule has 1 saturated heterocycles. The van der Waals surface area contributed by atoms with Crippen LogP contribution in [0.15, 0.2) is 12.3 Å². The number of ether oxygens (including phenoxy) is 1. The summed E-state index contributed by atoms with van der Waals surface area (Å²) in [6, 6.07) is 1.77. The number of nitrogens with zero attached hydrogens (tertiary/aromatic N) is 1. The van der Waals surface area contributed by atoms with Crippen LogP contribution in [0, 0.1) is 6.92 Å². The van der Waals surface area contributed by atoms with E-state index in [0.717, 1.165) is 5.56 Å². The highest BCUT2D eigenvalue weighted by atomic mass is 35.5. The fourth-order valence-electron chi connectivity index (χ4n) is 2.22. The zero-order valence-electron chi connectivity index (χ0n) is 10.4. The molecule has 0 aliphatic carbocycles. The number of rotatable bonds is 3. The number of aryl methyl sites for hydroxylation is 1. The monoisotopic (exact) mass is 289 g/mol. The Morgan fingerprint density at radius 2 is 2.28 bits per heavy atom. The highest BCUT2D eigenvalue weighted by molar-refractivity contribution is 7.91. The van der Waals surface area contributed by atoms with Crippen molar-refractivity contribution < 1.29 is 13.2 Å². The first-order chi connectivity index (χ1) is 8.40. The number of hydrogen-bond acceptors (Lipinski definition) is 4. The molecule has 0 radical (unpaired) electrons. The molecule has 2 rings (SSSR count). The van der Waals surface area contributed by atoms with E-state index in [0.29, 0.717) is 23.7 Å². The Morgan fingerprint density at radius 1 is 1.56 bits per heavy atom. The zero-order valence-corrected chi connectivity index (χ0v) is 12.0. The van der Waals surface area contributed by atoms with Crippen LogP contribution in [-0.4, -0.2) is 31.4 Å². The van der Waals surface area contributed by atoms with E-state index in [1.165, 1.54) is 6.20 Å². The van der Waals surface area contributed by atoms with Gasteiger partial charge in [-0.25, -0.2) is 13.4 Å². The van der Waals surface area contributed by atoms with Gasteiger partial charge in [-0.2, -0.15) is 0 Å². The third-order valence-corrected chi connectivity index (χ3v) is 5.88. The van der Waals surface area contributed by atoms with E-state index in [1.54, 1.807) is 13.0 Å². The van der Waals surface area contributed by atoms with Crippen LogP contribution in [0.5, 0.6) is 0 Å². The van der Waals surface area contributed by atoms with Crippen molar-refractivity contribution in [3.05, 3.63) is 28.5 Å². The highest BCUT2D eigenvalue weighted by Crippen LogP contribution is 2.24. The maximum absolute atomic E-state index is 12.3. The third kappa shape index (κ3) is 2.84. The second kappa shape index (κ2) is 5.15. The van der Waals surface area contributed by atoms with Crippen LogP contribution >= 0.6 is 11.6 Å². The molecule has 100 valence electrons. The summed E-state index contributed by atoms with van der Waals surface area (Å²) in [4.78, 5) is 3.98. The van der Waals surface area contributed by atoms with Crippen LogP contribution in [0.3, 0.4) is 0 Å². The molecule has 0 N–H and O–H groups in total. The minimum Gasteiger partial charge on any atom is -0.377 e. The molecule has 4 nitrogen and oxygen atoms in total. The Kier molecular flexibility index (Phi) is 3.94. The van der Waals surface area contributed by atoms with Gasteiger partial charge >= 0.3 is 0 Å². The average molecular weight is 290 g/mol. The molecule has 1 aliphatic heterocycles. The molecule has 6 heteroatoms. The fourth-order valence-corrected chi connectivity index (χ4v) is 4.28. The van der Waals surface area contributed by atoms with E-state index >= 15 is 0 Å². The van der Waals surface area contributed by atoms with E-state index in [4.69, 9.17) is 16.3 Å². The molecule has 1 aliphatic rings. The maximum atomic E-state index is 12.3. The van der Waals surface area contributed by atoms with Gasteiger partial charge in [-0.05, 0) is 31.4 Å². The molecule has 2 heterocycles. The second-order valence-corrected chi connectivity index (χ2v) is 7.24. The lowest BCUT2D eigenvalue weighted by Gasteiger charge is -2.15. The largest absolute Gasteiger partial charge is 0.377 e. The van der Waals surface area contributed by atoms with Gasteiger partial charge in [-0.1, -0.05) is 17.7 Å². The Labute approximate surface area is 112 Å². The van der Waals surface area contributed by atoms with Crippen molar-refractivity contribution in [1.82, 2.24) is 4.98 Å². The molecule has 0 spiro atoms. The van der Waals surface area contributed by atoms with Crippen LogP contribution < -0.4 is 0 Å². The molecule has 1 aromatic rings. The SMILES string of the molecule is Cc1cc(CS(=O)(=O)C2CCOC2C)cnc1Cl. The van der Waals surface area contributed by atoms with Gasteiger partial charge in [0.15, 0.2) is 9.84 Å². The summed E-state index contributed by atoms with van der Waals surface area (Å²) in [5.41, 5.74) is 1.47.